The number of hydrogen-bond acceptors (Lipinski definition) is 4. The Morgan fingerprint density at radius 1 is 1.14 bits per heavy atom. The summed E-state index contributed by atoms with van der Waals surface area (Å²) < 4.78 is 27.6. The van der Waals surface area contributed by atoms with Gasteiger partial charge in [0, 0.05) is 24.7 Å². The number of hydrogen-bond donors (Lipinski definition) is 1. The molecule has 0 radical (unpaired) electrons. The van der Waals surface area contributed by atoms with Gasteiger partial charge in [0.05, 0.1) is 11.4 Å². The topological polar surface area (TPSA) is 69.7 Å². The van der Waals surface area contributed by atoms with E-state index >= 15 is 0 Å². The molecule has 0 spiro atoms. The van der Waals surface area contributed by atoms with Crippen LogP contribution in [0, 0.1) is 5.92 Å². The first-order chi connectivity index (χ1) is 13.4. The van der Waals surface area contributed by atoms with E-state index in [0.29, 0.717) is 41.8 Å². The van der Waals surface area contributed by atoms with E-state index in [1.165, 1.54) is 4.31 Å². The van der Waals surface area contributed by atoms with Gasteiger partial charge in [0.2, 0.25) is 15.9 Å². The molecule has 0 unspecified atom stereocenters. The number of benzene rings is 1. The van der Waals surface area contributed by atoms with E-state index in [-0.39, 0.29) is 24.9 Å². The molecule has 2 heterocycles. The van der Waals surface area contributed by atoms with Crippen LogP contribution in [0.2, 0.25) is 5.02 Å². The first-order valence-electron chi connectivity index (χ1n) is 9.91. The van der Waals surface area contributed by atoms with Gasteiger partial charge in [-0.3, -0.25) is 4.79 Å². The molecule has 9 heteroatoms. The van der Waals surface area contributed by atoms with Crippen LogP contribution in [0.15, 0.2) is 23.1 Å². The van der Waals surface area contributed by atoms with Gasteiger partial charge in [0.15, 0.2) is 0 Å². The second-order valence-corrected chi connectivity index (χ2v) is 10.3. The molecule has 160 valence electrons. The Morgan fingerprint density at radius 2 is 1.90 bits per heavy atom. The molecule has 2 fully saturated rings. The van der Waals surface area contributed by atoms with E-state index in [9.17, 15) is 13.2 Å². The molecule has 0 atom stereocenters. The highest BCUT2D eigenvalue weighted by Gasteiger charge is 2.35. The van der Waals surface area contributed by atoms with Gasteiger partial charge < -0.3 is 10.2 Å². The molecule has 1 N–H and O–H groups in total. The lowest BCUT2D eigenvalue weighted by Crippen LogP contribution is -2.53. The number of piperidine rings is 1. The zero-order chi connectivity index (χ0) is 19.7. The number of rotatable bonds is 4. The molecule has 3 aliphatic rings. The van der Waals surface area contributed by atoms with Crippen molar-refractivity contribution in [2.45, 2.75) is 25.7 Å². The Balaban J connectivity index is 0.00000240. The van der Waals surface area contributed by atoms with Crippen molar-refractivity contribution < 1.29 is 13.2 Å². The van der Waals surface area contributed by atoms with Crippen molar-refractivity contribution in [3.63, 3.8) is 0 Å². The Hall–Kier alpha value is -1.12. The molecule has 0 aromatic heterocycles. The fourth-order valence-electron chi connectivity index (χ4n) is 4.27. The van der Waals surface area contributed by atoms with Crippen molar-refractivity contribution >= 4 is 46.0 Å². The third kappa shape index (κ3) is 4.97. The quantitative estimate of drug-likeness (QED) is 0.750. The van der Waals surface area contributed by atoms with Crippen LogP contribution in [0.5, 0.6) is 0 Å². The zero-order valence-corrected chi connectivity index (χ0v) is 18.7. The number of halogens is 2. The highest BCUT2D eigenvalue weighted by atomic mass is 35.5. The average molecular weight is 460 g/mol. The SMILES string of the molecule is Cl.O=C1CN(S(=O)(=O)C2=Cc3ccc(Cl)cc3CC2)CCN1CC1CCNCC1. The average Bonchev–Trinajstić information content (AvgIpc) is 2.69. The van der Waals surface area contributed by atoms with Crippen LogP contribution in [0.3, 0.4) is 0 Å². The monoisotopic (exact) mass is 459 g/mol. The molecular weight excluding hydrogens is 433 g/mol. The molecular formula is C20H27Cl2N3O3S. The number of sulfonamides is 1. The summed E-state index contributed by atoms with van der Waals surface area (Å²) in [6.45, 7) is 3.51. The number of carbonyl (C=O) groups is 1. The highest BCUT2D eigenvalue weighted by molar-refractivity contribution is 7.93. The third-order valence-electron chi connectivity index (χ3n) is 5.95. The summed E-state index contributed by atoms with van der Waals surface area (Å²) in [5.74, 6) is 0.426. The van der Waals surface area contributed by atoms with Gasteiger partial charge in [0.1, 0.15) is 0 Å². The molecule has 0 bridgehead atoms. The van der Waals surface area contributed by atoms with Gasteiger partial charge in [-0.1, -0.05) is 17.7 Å². The summed E-state index contributed by atoms with van der Waals surface area (Å²) in [7, 11) is -3.62. The second-order valence-electron chi connectivity index (χ2n) is 7.83. The molecule has 1 amide bonds. The summed E-state index contributed by atoms with van der Waals surface area (Å²) in [6.07, 6.45) is 4.96. The van der Waals surface area contributed by atoms with Crippen molar-refractivity contribution in [3.05, 3.63) is 39.3 Å². The molecule has 1 aromatic rings. The van der Waals surface area contributed by atoms with Crippen LogP contribution in [0.25, 0.3) is 6.08 Å². The van der Waals surface area contributed by atoms with Crippen LogP contribution >= 0.6 is 24.0 Å². The first kappa shape index (κ1) is 22.6. The van der Waals surface area contributed by atoms with Crippen molar-refractivity contribution in [2.24, 2.45) is 5.92 Å². The number of carbonyl (C=O) groups excluding carboxylic acids is 1. The Bertz CT molecular complexity index is 898. The van der Waals surface area contributed by atoms with Crippen molar-refractivity contribution in [1.82, 2.24) is 14.5 Å². The fraction of sp³-hybridized carbons (Fsp3) is 0.550. The van der Waals surface area contributed by atoms with E-state index in [1.807, 2.05) is 17.0 Å². The number of amides is 1. The second kappa shape index (κ2) is 9.35. The number of nitrogens with zero attached hydrogens (tertiary/aromatic N) is 2. The van der Waals surface area contributed by atoms with Crippen LogP contribution < -0.4 is 5.32 Å². The smallest absolute Gasteiger partial charge is 0.239 e. The minimum atomic E-state index is -3.62. The highest BCUT2D eigenvalue weighted by Crippen LogP contribution is 2.31. The minimum absolute atomic E-state index is 0. The van der Waals surface area contributed by atoms with Crippen molar-refractivity contribution in [2.75, 3.05) is 39.3 Å². The maximum atomic E-state index is 13.1. The lowest BCUT2D eigenvalue weighted by atomic mass is 9.97. The molecule has 4 rings (SSSR count). The minimum Gasteiger partial charge on any atom is -0.340 e. The Morgan fingerprint density at radius 3 is 2.62 bits per heavy atom. The van der Waals surface area contributed by atoms with Crippen molar-refractivity contribution in [1.29, 1.82) is 0 Å². The molecule has 2 aliphatic heterocycles. The normalized spacial score (nSPS) is 21.3. The van der Waals surface area contributed by atoms with E-state index in [0.717, 1.165) is 43.6 Å². The lowest BCUT2D eigenvalue weighted by Gasteiger charge is -2.37. The Kier molecular flexibility index (Phi) is 7.27. The number of aryl methyl sites for hydroxylation is 1. The summed E-state index contributed by atoms with van der Waals surface area (Å²) in [5.41, 5.74) is 1.96. The largest absolute Gasteiger partial charge is 0.340 e. The van der Waals surface area contributed by atoms with Crippen LogP contribution in [0.1, 0.15) is 30.4 Å². The fourth-order valence-corrected chi connectivity index (χ4v) is 6.03. The predicted molar refractivity (Wildman–Crippen MR) is 118 cm³/mol. The lowest BCUT2D eigenvalue weighted by molar-refractivity contribution is -0.134. The third-order valence-corrected chi connectivity index (χ3v) is 8.17. The van der Waals surface area contributed by atoms with Crippen molar-refractivity contribution in [3.8, 4) is 0 Å². The molecule has 2 saturated heterocycles. The van der Waals surface area contributed by atoms with Gasteiger partial charge in [-0.2, -0.15) is 4.31 Å². The zero-order valence-electron chi connectivity index (χ0n) is 16.3. The summed E-state index contributed by atoms with van der Waals surface area (Å²) in [4.78, 5) is 14.8. The van der Waals surface area contributed by atoms with Crippen LogP contribution in [0.4, 0.5) is 0 Å². The van der Waals surface area contributed by atoms with E-state index < -0.39 is 10.0 Å². The summed E-state index contributed by atoms with van der Waals surface area (Å²) in [5, 5.41) is 3.99. The van der Waals surface area contributed by atoms with Gasteiger partial charge in [-0.15, -0.1) is 12.4 Å². The molecule has 1 aromatic carbocycles. The van der Waals surface area contributed by atoms with Gasteiger partial charge in [0.25, 0.3) is 0 Å². The molecule has 1 aliphatic carbocycles. The van der Waals surface area contributed by atoms with E-state index in [2.05, 4.69) is 5.32 Å². The molecule has 29 heavy (non-hydrogen) atoms. The molecule has 0 saturated carbocycles. The van der Waals surface area contributed by atoms with Crippen LogP contribution in [-0.4, -0.2) is 62.8 Å². The maximum Gasteiger partial charge on any atom is 0.239 e. The standard InChI is InChI=1S/C20H26ClN3O3S.ClH/c21-18-3-1-17-12-19(4-2-16(17)11-18)28(26,27)24-10-9-23(20(25)14-24)13-15-5-7-22-8-6-15;/h1,3,11-12,15,22H,2,4-10,13-14H2;1H. The number of allylic oxidation sites excluding steroid dienone is 1. The van der Waals surface area contributed by atoms with Gasteiger partial charge in [-0.25, -0.2) is 8.42 Å². The maximum absolute atomic E-state index is 13.1. The Labute approximate surface area is 183 Å². The van der Waals surface area contributed by atoms with E-state index in [1.54, 1.807) is 12.1 Å². The predicted octanol–water partition coefficient (Wildman–Crippen LogP) is 2.52. The van der Waals surface area contributed by atoms with Crippen LogP contribution in [-0.2, 0) is 21.2 Å². The van der Waals surface area contributed by atoms with E-state index in [4.69, 9.17) is 11.6 Å². The van der Waals surface area contributed by atoms with Gasteiger partial charge >= 0.3 is 0 Å². The summed E-state index contributed by atoms with van der Waals surface area (Å²) >= 11 is 6.03. The number of piperazine rings is 1. The first-order valence-corrected chi connectivity index (χ1v) is 11.7. The summed E-state index contributed by atoms with van der Waals surface area (Å²) in [6, 6.07) is 5.52. The number of fused-ring (bicyclic) bond motifs is 1. The van der Waals surface area contributed by atoms with Gasteiger partial charge in [-0.05, 0) is 74.0 Å². The molecule has 6 nitrogen and oxygen atoms in total. The number of nitrogens with one attached hydrogen (secondary N) is 1.